The van der Waals surface area contributed by atoms with Gasteiger partial charge in [0.2, 0.25) is 0 Å². The largest absolute Gasteiger partial charge is 0.464 e. The highest BCUT2D eigenvalue weighted by Gasteiger charge is 2.20. The van der Waals surface area contributed by atoms with Crippen LogP contribution in [0.2, 0.25) is 5.02 Å². The van der Waals surface area contributed by atoms with Crippen molar-refractivity contribution in [2.24, 2.45) is 0 Å². The number of benzene rings is 2. The van der Waals surface area contributed by atoms with Crippen LogP contribution < -0.4 is 5.32 Å². The van der Waals surface area contributed by atoms with E-state index >= 15 is 0 Å². The number of nitrogens with one attached hydrogen (secondary N) is 1. The summed E-state index contributed by atoms with van der Waals surface area (Å²) in [6, 6.07) is 13.8. The molecule has 0 saturated carbocycles. The lowest BCUT2D eigenvalue weighted by atomic mass is 10.2. The maximum Gasteiger partial charge on any atom is 0.360 e. The molecule has 132 valence electrons. The molecule has 0 aliphatic heterocycles. The third-order valence-corrected chi connectivity index (χ3v) is 4.32. The van der Waals surface area contributed by atoms with Crippen molar-refractivity contribution in [3.63, 3.8) is 0 Å². The monoisotopic (exact) mass is 433 g/mol. The third kappa shape index (κ3) is 3.95. The molecular formula is C18H13BrClN3O3. The Morgan fingerprint density at radius 2 is 1.77 bits per heavy atom. The van der Waals surface area contributed by atoms with Crippen LogP contribution in [0, 0.1) is 0 Å². The normalized spacial score (nSPS) is 10.4. The van der Waals surface area contributed by atoms with Gasteiger partial charge in [0.05, 0.1) is 24.7 Å². The van der Waals surface area contributed by atoms with Crippen LogP contribution in [0.1, 0.15) is 20.8 Å². The van der Waals surface area contributed by atoms with Gasteiger partial charge >= 0.3 is 5.97 Å². The first-order valence-electron chi connectivity index (χ1n) is 7.49. The van der Waals surface area contributed by atoms with Gasteiger partial charge in [0, 0.05) is 15.1 Å². The molecule has 6 nitrogen and oxygen atoms in total. The fourth-order valence-electron chi connectivity index (χ4n) is 2.23. The number of hydrogen-bond donors (Lipinski definition) is 1. The Hall–Kier alpha value is -2.64. The van der Waals surface area contributed by atoms with Crippen molar-refractivity contribution in [3.8, 4) is 5.69 Å². The Labute approximate surface area is 162 Å². The van der Waals surface area contributed by atoms with Gasteiger partial charge in [-0.25, -0.2) is 9.48 Å². The van der Waals surface area contributed by atoms with Crippen molar-refractivity contribution in [1.29, 1.82) is 0 Å². The van der Waals surface area contributed by atoms with Gasteiger partial charge in [-0.3, -0.25) is 4.79 Å². The summed E-state index contributed by atoms with van der Waals surface area (Å²) in [5, 5.41) is 7.45. The average Bonchev–Trinajstić information content (AvgIpc) is 3.06. The van der Waals surface area contributed by atoms with E-state index in [1.165, 1.54) is 11.8 Å². The minimum Gasteiger partial charge on any atom is -0.464 e. The summed E-state index contributed by atoms with van der Waals surface area (Å²) in [5.41, 5.74) is 1.39. The van der Waals surface area contributed by atoms with E-state index in [1.54, 1.807) is 30.5 Å². The number of amides is 1. The molecule has 3 aromatic rings. The maximum atomic E-state index is 12.4. The lowest BCUT2D eigenvalue weighted by molar-refractivity contribution is 0.0594. The van der Waals surface area contributed by atoms with Gasteiger partial charge in [0.15, 0.2) is 5.69 Å². The molecule has 0 saturated heterocycles. The van der Waals surface area contributed by atoms with E-state index in [9.17, 15) is 9.59 Å². The molecule has 3 rings (SSSR count). The van der Waals surface area contributed by atoms with Crippen LogP contribution >= 0.6 is 27.5 Å². The Bertz CT molecular complexity index is 953. The predicted octanol–water partition coefficient (Wildman–Crippen LogP) is 4.33. The molecule has 1 heterocycles. The number of nitrogens with zero attached hydrogens (tertiary/aromatic N) is 2. The van der Waals surface area contributed by atoms with E-state index in [0.717, 1.165) is 10.2 Å². The first-order chi connectivity index (χ1) is 12.5. The molecule has 0 atom stereocenters. The smallest absolute Gasteiger partial charge is 0.360 e. The van der Waals surface area contributed by atoms with E-state index in [1.807, 2.05) is 24.3 Å². The van der Waals surface area contributed by atoms with E-state index in [4.69, 9.17) is 16.3 Å². The van der Waals surface area contributed by atoms with Crippen molar-refractivity contribution in [3.05, 3.63) is 75.5 Å². The number of rotatable bonds is 4. The van der Waals surface area contributed by atoms with Crippen LogP contribution in [0.5, 0.6) is 0 Å². The molecule has 2 aromatic carbocycles. The van der Waals surface area contributed by atoms with Crippen LogP contribution in [0.4, 0.5) is 5.69 Å². The predicted molar refractivity (Wildman–Crippen MR) is 102 cm³/mol. The molecule has 8 heteroatoms. The zero-order valence-electron chi connectivity index (χ0n) is 13.6. The summed E-state index contributed by atoms with van der Waals surface area (Å²) >= 11 is 9.20. The SMILES string of the molecule is COC(=O)c1nn(-c2ccc(Br)cc2)cc1NC(=O)c1ccc(Cl)cc1. The van der Waals surface area contributed by atoms with Crippen molar-refractivity contribution in [2.45, 2.75) is 0 Å². The Kier molecular flexibility index (Phi) is 5.39. The van der Waals surface area contributed by atoms with Gasteiger partial charge in [-0.15, -0.1) is 0 Å². The molecule has 1 N–H and O–H groups in total. The average molecular weight is 435 g/mol. The molecular weight excluding hydrogens is 422 g/mol. The summed E-state index contributed by atoms with van der Waals surface area (Å²) in [6.45, 7) is 0. The number of aromatic nitrogens is 2. The number of anilines is 1. The van der Waals surface area contributed by atoms with Crippen molar-refractivity contribution < 1.29 is 14.3 Å². The molecule has 0 bridgehead atoms. The van der Waals surface area contributed by atoms with Gasteiger partial charge in [-0.2, -0.15) is 5.10 Å². The van der Waals surface area contributed by atoms with Crippen molar-refractivity contribution in [1.82, 2.24) is 9.78 Å². The highest BCUT2D eigenvalue weighted by molar-refractivity contribution is 9.10. The molecule has 0 spiro atoms. The van der Waals surface area contributed by atoms with E-state index in [-0.39, 0.29) is 17.3 Å². The highest BCUT2D eigenvalue weighted by atomic mass is 79.9. The summed E-state index contributed by atoms with van der Waals surface area (Å²) in [6.07, 6.45) is 1.56. The Morgan fingerprint density at radius 1 is 1.12 bits per heavy atom. The number of halogens is 2. The fourth-order valence-corrected chi connectivity index (χ4v) is 2.62. The topological polar surface area (TPSA) is 73.2 Å². The molecule has 0 fully saturated rings. The Morgan fingerprint density at radius 3 is 2.38 bits per heavy atom. The van der Waals surface area contributed by atoms with Crippen LogP contribution in [0.3, 0.4) is 0 Å². The number of hydrogen-bond acceptors (Lipinski definition) is 4. The second-order valence-electron chi connectivity index (χ2n) is 5.26. The van der Waals surface area contributed by atoms with Gasteiger partial charge in [0.1, 0.15) is 0 Å². The van der Waals surface area contributed by atoms with Crippen LogP contribution in [-0.2, 0) is 4.74 Å². The molecule has 1 aromatic heterocycles. The molecule has 0 radical (unpaired) electrons. The Balaban J connectivity index is 1.94. The number of methoxy groups -OCH3 is 1. The maximum absolute atomic E-state index is 12.4. The number of ether oxygens (including phenoxy) is 1. The van der Waals surface area contributed by atoms with Gasteiger partial charge in [-0.05, 0) is 48.5 Å². The van der Waals surface area contributed by atoms with Crippen LogP contribution in [0.15, 0.2) is 59.2 Å². The van der Waals surface area contributed by atoms with Crippen molar-refractivity contribution in [2.75, 3.05) is 12.4 Å². The second kappa shape index (κ2) is 7.72. The number of esters is 1. The lowest BCUT2D eigenvalue weighted by Gasteiger charge is -2.04. The van der Waals surface area contributed by atoms with Gasteiger partial charge in [-0.1, -0.05) is 27.5 Å². The second-order valence-corrected chi connectivity index (χ2v) is 6.62. The third-order valence-electron chi connectivity index (χ3n) is 3.54. The summed E-state index contributed by atoms with van der Waals surface area (Å²) < 4.78 is 7.17. The molecule has 1 amide bonds. The van der Waals surface area contributed by atoms with Crippen LogP contribution in [-0.4, -0.2) is 28.8 Å². The number of carbonyl (C=O) groups is 2. The number of carbonyl (C=O) groups excluding carboxylic acids is 2. The van der Waals surface area contributed by atoms with E-state index < -0.39 is 5.97 Å². The zero-order valence-corrected chi connectivity index (χ0v) is 15.9. The minimum absolute atomic E-state index is 0.0118. The zero-order chi connectivity index (χ0) is 18.7. The molecule has 0 aliphatic rings. The van der Waals surface area contributed by atoms with E-state index in [0.29, 0.717) is 10.6 Å². The van der Waals surface area contributed by atoms with E-state index in [2.05, 4.69) is 26.3 Å². The van der Waals surface area contributed by atoms with Crippen LogP contribution in [0.25, 0.3) is 5.69 Å². The minimum atomic E-state index is -0.646. The highest BCUT2D eigenvalue weighted by Crippen LogP contribution is 2.21. The summed E-state index contributed by atoms with van der Waals surface area (Å²) in [7, 11) is 1.26. The van der Waals surface area contributed by atoms with Gasteiger partial charge < -0.3 is 10.1 Å². The molecule has 0 aliphatic carbocycles. The standard InChI is InChI=1S/C18H13BrClN3O3/c1-26-18(25)16-15(21-17(24)11-2-6-13(20)7-3-11)10-23(22-16)14-8-4-12(19)5-9-14/h2-10H,1H3,(H,21,24). The molecule has 0 unspecified atom stereocenters. The quantitative estimate of drug-likeness (QED) is 0.620. The summed E-state index contributed by atoms with van der Waals surface area (Å²) in [5.74, 6) is -1.03. The van der Waals surface area contributed by atoms with Gasteiger partial charge in [0.25, 0.3) is 5.91 Å². The lowest BCUT2D eigenvalue weighted by Crippen LogP contribution is -2.14. The molecule has 26 heavy (non-hydrogen) atoms. The fraction of sp³-hybridized carbons (Fsp3) is 0.0556. The first-order valence-corrected chi connectivity index (χ1v) is 8.66. The first kappa shape index (κ1) is 18.2. The summed E-state index contributed by atoms with van der Waals surface area (Å²) in [4.78, 5) is 24.5. The van der Waals surface area contributed by atoms with Crippen molar-refractivity contribution >= 4 is 45.1 Å².